The van der Waals surface area contributed by atoms with Gasteiger partial charge in [-0.05, 0) is 21.5 Å². The van der Waals surface area contributed by atoms with Gasteiger partial charge < -0.3 is 4.74 Å². The summed E-state index contributed by atoms with van der Waals surface area (Å²) in [7, 11) is 0. The minimum atomic E-state index is -0.609. The van der Waals surface area contributed by atoms with Crippen LogP contribution in [0.3, 0.4) is 0 Å². The number of hydrogen-bond donors (Lipinski definition) is 1. The van der Waals surface area contributed by atoms with Gasteiger partial charge in [-0.25, -0.2) is 0 Å². The molecule has 0 unspecified atom stereocenters. The summed E-state index contributed by atoms with van der Waals surface area (Å²) in [6.45, 7) is 0.265. The highest BCUT2D eigenvalue weighted by Gasteiger charge is 2.18. The molecule has 0 heterocycles. The van der Waals surface area contributed by atoms with E-state index in [0.717, 1.165) is 5.56 Å². The summed E-state index contributed by atoms with van der Waals surface area (Å²) in [5.41, 5.74) is 2.56. The summed E-state index contributed by atoms with van der Waals surface area (Å²) in [5, 5.41) is 32.1. The van der Waals surface area contributed by atoms with Gasteiger partial charge in [-0.15, -0.1) is 0 Å². The molecule has 124 valence electrons. The number of ether oxygens (including phenoxy) is 1. The third-order valence-corrected chi connectivity index (χ3v) is 3.60. The Hall–Kier alpha value is -3.43. The number of anilines is 1. The van der Waals surface area contributed by atoms with Crippen LogP contribution in [-0.4, -0.2) is 10.6 Å². The van der Waals surface area contributed by atoms with E-state index in [9.17, 15) is 10.1 Å². The highest BCUT2D eigenvalue weighted by Crippen LogP contribution is 2.36. The van der Waals surface area contributed by atoms with Crippen LogP contribution in [-0.2, 0) is 6.61 Å². The summed E-state index contributed by atoms with van der Waals surface area (Å²) in [4.78, 5) is 10.6. The van der Waals surface area contributed by atoms with E-state index < -0.39 is 10.6 Å². The molecule has 2 aromatic rings. The number of rotatable bonds is 6. The number of hydrogen-bond acceptors (Lipinski definition) is 7. The van der Waals surface area contributed by atoms with Crippen LogP contribution in [0.15, 0.2) is 52.0 Å². The van der Waals surface area contributed by atoms with Crippen LogP contribution in [0.1, 0.15) is 5.56 Å². The lowest BCUT2D eigenvalue weighted by Crippen LogP contribution is -2.02. The van der Waals surface area contributed by atoms with Crippen molar-refractivity contribution in [2.24, 2.45) is 5.10 Å². The van der Waals surface area contributed by atoms with E-state index in [0.29, 0.717) is 10.2 Å². The van der Waals surface area contributed by atoms with Gasteiger partial charge in [-0.1, -0.05) is 30.3 Å². The van der Waals surface area contributed by atoms with Crippen LogP contribution in [0.4, 0.5) is 11.4 Å². The SMILES string of the molecule is N#CC(C#N)=NNc1cc(OCc2ccccc2)c(Br)cc1[N+](=O)[O-]. The molecule has 0 saturated heterocycles. The van der Waals surface area contributed by atoms with Gasteiger partial charge in [0, 0.05) is 12.1 Å². The van der Waals surface area contributed by atoms with Gasteiger partial charge >= 0.3 is 0 Å². The highest BCUT2D eigenvalue weighted by molar-refractivity contribution is 9.10. The quantitative estimate of drug-likeness (QED) is 0.447. The standard InChI is InChI=1S/C16H10BrN5O3/c17-13-6-15(22(23)24)14(21-20-12(8-18)9-19)7-16(13)25-10-11-4-2-1-3-5-11/h1-7,21H,10H2. The molecule has 0 saturated carbocycles. The lowest BCUT2D eigenvalue weighted by Gasteiger charge is -2.10. The van der Waals surface area contributed by atoms with Crippen molar-refractivity contribution in [2.45, 2.75) is 6.61 Å². The van der Waals surface area contributed by atoms with Crippen molar-refractivity contribution in [3.05, 3.63) is 62.6 Å². The lowest BCUT2D eigenvalue weighted by molar-refractivity contribution is -0.384. The van der Waals surface area contributed by atoms with E-state index in [4.69, 9.17) is 15.3 Å². The van der Waals surface area contributed by atoms with Crippen LogP contribution in [0.2, 0.25) is 0 Å². The van der Waals surface area contributed by atoms with Crippen molar-refractivity contribution in [3.8, 4) is 17.9 Å². The number of nitro benzene ring substituents is 1. The lowest BCUT2D eigenvalue weighted by atomic mass is 10.2. The number of benzene rings is 2. The van der Waals surface area contributed by atoms with E-state index in [2.05, 4.69) is 26.5 Å². The Labute approximate surface area is 151 Å². The Morgan fingerprint density at radius 2 is 1.96 bits per heavy atom. The van der Waals surface area contributed by atoms with Crippen LogP contribution in [0.25, 0.3) is 0 Å². The van der Waals surface area contributed by atoms with Gasteiger partial charge in [0.25, 0.3) is 5.69 Å². The minimum Gasteiger partial charge on any atom is -0.488 e. The maximum absolute atomic E-state index is 11.2. The molecule has 0 aliphatic heterocycles. The van der Waals surface area contributed by atoms with Crippen molar-refractivity contribution >= 4 is 33.0 Å². The Morgan fingerprint density at radius 1 is 1.28 bits per heavy atom. The molecule has 0 aliphatic rings. The average molecular weight is 400 g/mol. The molecule has 0 atom stereocenters. The van der Waals surface area contributed by atoms with Crippen molar-refractivity contribution in [1.82, 2.24) is 0 Å². The van der Waals surface area contributed by atoms with Gasteiger partial charge in [0.15, 0.2) is 0 Å². The zero-order valence-electron chi connectivity index (χ0n) is 12.6. The Bertz CT molecular complexity index is 884. The first-order chi connectivity index (χ1) is 12.0. The Morgan fingerprint density at radius 3 is 2.56 bits per heavy atom. The number of nitrogens with zero attached hydrogens (tertiary/aromatic N) is 4. The molecule has 2 aromatic carbocycles. The summed E-state index contributed by atoms with van der Waals surface area (Å²) < 4.78 is 6.06. The predicted molar refractivity (Wildman–Crippen MR) is 93.9 cm³/mol. The molecule has 0 amide bonds. The smallest absolute Gasteiger partial charge is 0.295 e. The van der Waals surface area contributed by atoms with Gasteiger partial charge in [0.05, 0.1) is 9.40 Å². The van der Waals surface area contributed by atoms with Crippen molar-refractivity contribution < 1.29 is 9.66 Å². The molecule has 0 radical (unpaired) electrons. The van der Waals surface area contributed by atoms with Crippen LogP contribution in [0, 0.1) is 32.8 Å². The predicted octanol–water partition coefficient (Wildman–Crippen LogP) is 3.75. The zero-order valence-corrected chi connectivity index (χ0v) is 14.2. The van der Waals surface area contributed by atoms with Gasteiger partial charge in [0.2, 0.25) is 5.71 Å². The van der Waals surface area contributed by atoms with E-state index >= 15 is 0 Å². The van der Waals surface area contributed by atoms with Crippen LogP contribution in [0.5, 0.6) is 5.75 Å². The number of nitriles is 2. The third-order valence-electron chi connectivity index (χ3n) is 2.98. The number of halogens is 1. The molecule has 8 nitrogen and oxygen atoms in total. The maximum atomic E-state index is 11.2. The average Bonchev–Trinajstić information content (AvgIpc) is 2.62. The first-order valence-electron chi connectivity index (χ1n) is 6.83. The molecule has 0 fully saturated rings. The third kappa shape index (κ3) is 4.77. The topological polar surface area (TPSA) is 124 Å². The zero-order chi connectivity index (χ0) is 18.2. The van der Waals surface area contributed by atoms with Gasteiger partial charge in [-0.3, -0.25) is 15.5 Å². The highest BCUT2D eigenvalue weighted by atomic mass is 79.9. The van der Waals surface area contributed by atoms with E-state index in [1.807, 2.05) is 30.3 Å². The second-order valence-electron chi connectivity index (χ2n) is 4.63. The molecule has 1 N–H and O–H groups in total. The Kier molecular flexibility index (Phi) is 6.04. The number of hydrazone groups is 1. The second-order valence-corrected chi connectivity index (χ2v) is 5.48. The van der Waals surface area contributed by atoms with Crippen LogP contribution < -0.4 is 10.2 Å². The van der Waals surface area contributed by atoms with Gasteiger partial charge in [0.1, 0.15) is 30.2 Å². The molecule has 2 rings (SSSR count). The fourth-order valence-corrected chi connectivity index (χ4v) is 2.27. The molecular formula is C16H10BrN5O3. The maximum Gasteiger partial charge on any atom is 0.295 e. The summed E-state index contributed by atoms with van der Waals surface area (Å²) in [5.74, 6) is 0.350. The molecular weight excluding hydrogens is 390 g/mol. The fraction of sp³-hybridized carbons (Fsp3) is 0.0625. The first-order valence-corrected chi connectivity index (χ1v) is 7.63. The minimum absolute atomic E-state index is 0.000684. The van der Waals surface area contributed by atoms with E-state index in [1.54, 1.807) is 12.1 Å². The van der Waals surface area contributed by atoms with Crippen LogP contribution >= 0.6 is 15.9 Å². The largest absolute Gasteiger partial charge is 0.488 e. The molecule has 0 aliphatic carbocycles. The molecule has 9 heteroatoms. The Balaban J connectivity index is 2.30. The van der Waals surface area contributed by atoms with Crippen molar-refractivity contribution in [3.63, 3.8) is 0 Å². The molecule has 0 aromatic heterocycles. The summed E-state index contributed by atoms with van der Waals surface area (Å²) >= 11 is 3.23. The summed E-state index contributed by atoms with van der Waals surface area (Å²) in [6.07, 6.45) is 0. The van der Waals surface area contributed by atoms with E-state index in [1.165, 1.54) is 12.1 Å². The number of nitrogens with one attached hydrogen (secondary N) is 1. The monoisotopic (exact) mass is 399 g/mol. The molecule has 0 spiro atoms. The summed E-state index contributed by atoms with van der Waals surface area (Å²) in [6, 6.07) is 15.1. The van der Waals surface area contributed by atoms with Crippen molar-refractivity contribution in [1.29, 1.82) is 10.5 Å². The van der Waals surface area contributed by atoms with E-state index in [-0.39, 0.29) is 18.0 Å². The second kappa shape index (κ2) is 8.43. The van der Waals surface area contributed by atoms with Crippen molar-refractivity contribution in [2.75, 3.05) is 5.43 Å². The number of nitro groups is 1. The fourth-order valence-electron chi connectivity index (χ4n) is 1.82. The molecule has 25 heavy (non-hydrogen) atoms. The first kappa shape index (κ1) is 17.9. The molecule has 0 bridgehead atoms. The van der Waals surface area contributed by atoms with Gasteiger partial charge in [-0.2, -0.15) is 15.6 Å². The normalized spacial score (nSPS) is 9.40.